The highest BCUT2D eigenvalue weighted by atomic mass is 35.5. The Labute approximate surface area is 186 Å². The first kappa shape index (κ1) is 21.2. The van der Waals surface area contributed by atoms with E-state index in [0.717, 1.165) is 42.8 Å². The first-order chi connectivity index (χ1) is 15.1. The van der Waals surface area contributed by atoms with Gasteiger partial charge < -0.3 is 19.5 Å². The van der Waals surface area contributed by atoms with Crippen LogP contribution in [0.1, 0.15) is 18.7 Å². The zero-order chi connectivity index (χ0) is 21.6. The normalized spacial score (nSPS) is 13.5. The number of benzene rings is 2. The monoisotopic (exact) mass is 440 g/mol. The molecule has 1 saturated heterocycles. The van der Waals surface area contributed by atoms with Crippen molar-refractivity contribution in [3.63, 3.8) is 0 Å². The summed E-state index contributed by atoms with van der Waals surface area (Å²) < 4.78 is 7.43. The molecule has 1 aromatic heterocycles. The lowest BCUT2D eigenvalue weighted by Crippen LogP contribution is -2.33. The molecule has 2 heterocycles. The smallest absolute Gasteiger partial charge is 0.257 e. The van der Waals surface area contributed by atoms with Crippen LogP contribution >= 0.6 is 11.6 Å². The number of rotatable bonds is 8. The molecular weight excluding hydrogens is 416 g/mol. The van der Waals surface area contributed by atoms with Crippen LogP contribution in [0.4, 0.5) is 0 Å². The molecule has 1 N–H and O–H groups in total. The number of hydrogen-bond acceptors (Lipinski definition) is 4. The van der Waals surface area contributed by atoms with Gasteiger partial charge in [-0.2, -0.15) is 0 Å². The van der Waals surface area contributed by atoms with Gasteiger partial charge in [0.05, 0.1) is 11.0 Å². The number of fused-ring (bicyclic) bond motifs is 1. The van der Waals surface area contributed by atoms with E-state index in [4.69, 9.17) is 16.3 Å². The van der Waals surface area contributed by atoms with Crippen molar-refractivity contribution in [3.05, 3.63) is 59.4 Å². The molecule has 162 valence electrons. The van der Waals surface area contributed by atoms with Crippen molar-refractivity contribution in [1.82, 2.24) is 19.8 Å². The number of amides is 2. The maximum atomic E-state index is 12.7. The van der Waals surface area contributed by atoms with Gasteiger partial charge >= 0.3 is 0 Å². The molecule has 2 aromatic carbocycles. The van der Waals surface area contributed by atoms with Crippen LogP contribution in [0.15, 0.2) is 48.5 Å². The van der Waals surface area contributed by atoms with Crippen LogP contribution in [-0.2, 0) is 22.6 Å². The van der Waals surface area contributed by atoms with Crippen LogP contribution in [-0.4, -0.2) is 52.5 Å². The molecule has 0 unspecified atom stereocenters. The summed E-state index contributed by atoms with van der Waals surface area (Å²) in [6, 6.07) is 14.6. The fraction of sp³-hybridized carbons (Fsp3) is 0.348. The second-order valence-electron chi connectivity index (χ2n) is 7.53. The average Bonchev–Trinajstić information content (AvgIpc) is 3.42. The lowest BCUT2D eigenvalue weighted by Gasteiger charge is -2.17. The highest BCUT2D eigenvalue weighted by Gasteiger charge is 2.20. The number of para-hydroxylation sites is 2. The number of imidazole rings is 1. The molecule has 0 bridgehead atoms. The molecule has 7 nitrogen and oxygen atoms in total. The summed E-state index contributed by atoms with van der Waals surface area (Å²) in [5.74, 6) is 1.27. The van der Waals surface area contributed by atoms with Crippen molar-refractivity contribution < 1.29 is 14.3 Å². The number of carbonyl (C=O) groups excluding carboxylic acids is 2. The van der Waals surface area contributed by atoms with Crippen LogP contribution in [0, 0.1) is 0 Å². The molecule has 2 amide bonds. The van der Waals surface area contributed by atoms with E-state index in [9.17, 15) is 9.59 Å². The number of nitrogens with zero attached hydrogens (tertiary/aromatic N) is 3. The summed E-state index contributed by atoms with van der Waals surface area (Å²) in [4.78, 5) is 31.4. The summed E-state index contributed by atoms with van der Waals surface area (Å²) >= 11 is 5.84. The Morgan fingerprint density at radius 2 is 1.81 bits per heavy atom. The minimum Gasteiger partial charge on any atom is -0.484 e. The summed E-state index contributed by atoms with van der Waals surface area (Å²) in [5, 5.41) is 3.47. The van der Waals surface area contributed by atoms with Gasteiger partial charge in [0.2, 0.25) is 5.91 Å². The van der Waals surface area contributed by atoms with Crippen LogP contribution in [0.25, 0.3) is 11.0 Å². The van der Waals surface area contributed by atoms with E-state index in [-0.39, 0.29) is 25.0 Å². The van der Waals surface area contributed by atoms with Gasteiger partial charge in [-0.15, -0.1) is 0 Å². The molecule has 0 radical (unpaired) electrons. The third-order valence-electron chi connectivity index (χ3n) is 5.34. The van der Waals surface area contributed by atoms with Gasteiger partial charge in [-0.3, -0.25) is 9.59 Å². The Morgan fingerprint density at radius 3 is 2.58 bits per heavy atom. The summed E-state index contributed by atoms with van der Waals surface area (Å²) in [7, 11) is 0. The van der Waals surface area contributed by atoms with E-state index in [1.54, 1.807) is 24.3 Å². The van der Waals surface area contributed by atoms with Gasteiger partial charge in [0, 0.05) is 31.1 Å². The van der Waals surface area contributed by atoms with Crippen molar-refractivity contribution in [2.24, 2.45) is 0 Å². The zero-order valence-corrected chi connectivity index (χ0v) is 18.0. The molecule has 0 spiro atoms. The van der Waals surface area contributed by atoms with Gasteiger partial charge in [0.25, 0.3) is 5.91 Å². The number of hydrogen-bond donors (Lipinski definition) is 1. The van der Waals surface area contributed by atoms with Crippen LogP contribution in [0.5, 0.6) is 5.75 Å². The molecule has 1 fully saturated rings. The SMILES string of the molecule is O=C(COc1ccc(Cl)cc1)NCCc1nc2ccccc2n1CC(=O)N1CCCC1. The first-order valence-corrected chi connectivity index (χ1v) is 10.8. The van der Waals surface area contributed by atoms with Crippen LogP contribution < -0.4 is 10.1 Å². The fourth-order valence-corrected chi connectivity index (χ4v) is 3.86. The molecule has 1 aliphatic heterocycles. The summed E-state index contributed by atoms with van der Waals surface area (Å²) in [5.41, 5.74) is 1.78. The van der Waals surface area contributed by atoms with Crippen molar-refractivity contribution in [1.29, 1.82) is 0 Å². The zero-order valence-electron chi connectivity index (χ0n) is 17.2. The number of ether oxygens (including phenoxy) is 1. The number of carbonyl (C=O) groups is 2. The van der Waals surface area contributed by atoms with Crippen molar-refractivity contribution in [2.75, 3.05) is 26.2 Å². The Morgan fingerprint density at radius 1 is 1.06 bits per heavy atom. The fourth-order valence-electron chi connectivity index (χ4n) is 3.74. The maximum absolute atomic E-state index is 12.7. The second-order valence-corrected chi connectivity index (χ2v) is 7.97. The van der Waals surface area contributed by atoms with Gasteiger partial charge in [-0.25, -0.2) is 4.98 Å². The van der Waals surface area contributed by atoms with Crippen molar-refractivity contribution >= 4 is 34.4 Å². The predicted octanol–water partition coefficient (Wildman–Crippen LogP) is 3.05. The Hall–Kier alpha value is -3.06. The van der Waals surface area contributed by atoms with E-state index in [2.05, 4.69) is 10.3 Å². The molecule has 3 aromatic rings. The van der Waals surface area contributed by atoms with E-state index in [1.807, 2.05) is 33.7 Å². The maximum Gasteiger partial charge on any atom is 0.257 e. The number of likely N-dealkylation sites (tertiary alicyclic amines) is 1. The quantitative estimate of drug-likeness (QED) is 0.584. The summed E-state index contributed by atoms with van der Waals surface area (Å²) in [6.45, 7) is 2.24. The minimum absolute atomic E-state index is 0.0779. The van der Waals surface area contributed by atoms with E-state index < -0.39 is 0 Å². The lowest BCUT2D eigenvalue weighted by molar-refractivity contribution is -0.130. The Bertz CT molecular complexity index is 1060. The van der Waals surface area contributed by atoms with Gasteiger partial charge in [-0.1, -0.05) is 23.7 Å². The van der Waals surface area contributed by atoms with Gasteiger partial charge in [0.1, 0.15) is 18.1 Å². The van der Waals surface area contributed by atoms with E-state index in [0.29, 0.717) is 23.7 Å². The largest absolute Gasteiger partial charge is 0.484 e. The van der Waals surface area contributed by atoms with Gasteiger partial charge in [-0.05, 0) is 49.2 Å². The number of aromatic nitrogens is 2. The molecular formula is C23H25ClN4O3. The molecule has 31 heavy (non-hydrogen) atoms. The molecule has 8 heteroatoms. The van der Waals surface area contributed by atoms with Crippen LogP contribution in [0.2, 0.25) is 5.02 Å². The highest BCUT2D eigenvalue weighted by Crippen LogP contribution is 2.18. The van der Waals surface area contributed by atoms with E-state index in [1.165, 1.54) is 0 Å². The molecule has 1 aliphatic rings. The molecule has 0 saturated carbocycles. The van der Waals surface area contributed by atoms with Crippen molar-refractivity contribution in [3.8, 4) is 5.75 Å². The van der Waals surface area contributed by atoms with E-state index >= 15 is 0 Å². The average molecular weight is 441 g/mol. The lowest BCUT2D eigenvalue weighted by atomic mass is 10.3. The number of halogens is 1. The standard InChI is InChI=1S/C23H25ClN4O3/c24-17-7-9-18(10-8-17)31-16-22(29)25-12-11-21-26-19-5-1-2-6-20(19)28(21)15-23(30)27-13-3-4-14-27/h1-2,5-10H,3-4,11-16H2,(H,25,29). The number of nitrogens with one attached hydrogen (secondary N) is 1. The Balaban J connectivity index is 1.35. The third-order valence-corrected chi connectivity index (χ3v) is 5.59. The molecule has 0 atom stereocenters. The Kier molecular flexibility index (Phi) is 6.72. The molecule has 0 aliphatic carbocycles. The third kappa shape index (κ3) is 5.35. The molecule has 4 rings (SSSR count). The summed E-state index contributed by atoms with van der Waals surface area (Å²) in [6.07, 6.45) is 2.65. The topological polar surface area (TPSA) is 76.5 Å². The van der Waals surface area contributed by atoms with Crippen LogP contribution in [0.3, 0.4) is 0 Å². The highest BCUT2D eigenvalue weighted by molar-refractivity contribution is 6.30. The second kappa shape index (κ2) is 9.83. The van der Waals surface area contributed by atoms with Crippen molar-refractivity contribution in [2.45, 2.75) is 25.8 Å². The van der Waals surface area contributed by atoms with Gasteiger partial charge in [0.15, 0.2) is 6.61 Å². The predicted molar refractivity (Wildman–Crippen MR) is 119 cm³/mol. The first-order valence-electron chi connectivity index (χ1n) is 10.5. The minimum atomic E-state index is -0.217.